The number of hydrogen-bond acceptors (Lipinski definition) is 6. The summed E-state index contributed by atoms with van der Waals surface area (Å²) in [5, 5.41) is 12.1. The van der Waals surface area contributed by atoms with Gasteiger partial charge in [-0.05, 0) is 41.3 Å². The first-order valence-electron chi connectivity index (χ1n) is 10.4. The second-order valence-corrected chi connectivity index (χ2v) is 10.9. The first-order valence-corrected chi connectivity index (χ1v) is 12.9. The number of rotatable bonds is 7. The number of benzene rings is 3. The molecule has 0 atom stereocenters. The highest BCUT2D eigenvalue weighted by Crippen LogP contribution is 2.28. The number of hydrogen-bond donors (Lipinski definition) is 1. The zero-order valence-electron chi connectivity index (χ0n) is 18.2. The fraction of sp³-hybridized carbons (Fsp3) is 0.160. The van der Waals surface area contributed by atoms with Crippen molar-refractivity contribution < 1.29 is 13.2 Å². The van der Waals surface area contributed by atoms with Gasteiger partial charge in [0.15, 0.2) is 9.84 Å². The summed E-state index contributed by atoms with van der Waals surface area (Å²) in [7, 11) is -3.44. The van der Waals surface area contributed by atoms with Gasteiger partial charge in [-0.2, -0.15) is 0 Å². The standard InChI is InChI=1S/C25H23N3O3S2/c1-17(2)19-12-14-21(15-13-19)24-27-28-25(32-24)26-23(29)20-10-8-18(9-11-20)16-33(30,31)22-6-4-3-5-7-22/h3-15,17H,16H2,1-2H3,(H,26,28,29). The molecule has 3 aromatic carbocycles. The monoisotopic (exact) mass is 477 g/mol. The van der Waals surface area contributed by atoms with E-state index in [1.807, 2.05) is 12.1 Å². The number of anilines is 1. The Bertz CT molecular complexity index is 1350. The van der Waals surface area contributed by atoms with Crippen LogP contribution in [0.2, 0.25) is 0 Å². The van der Waals surface area contributed by atoms with Gasteiger partial charge in [0.05, 0.1) is 10.6 Å². The van der Waals surface area contributed by atoms with Crippen molar-refractivity contribution in [2.24, 2.45) is 0 Å². The Morgan fingerprint density at radius 2 is 1.58 bits per heavy atom. The summed E-state index contributed by atoms with van der Waals surface area (Å²) >= 11 is 1.30. The normalized spacial score (nSPS) is 11.5. The average Bonchev–Trinajstić information content (AvgIpc) is 3.28. The van der Waals surface area contributed by atoms with E-state index in [0.29, 0.717) is 22.2 Å². The SMILES string of the molecule is CC(C)c1ccc(-c2nnc(NC(=O)c3ccc(CS(=O)(=O)c4ccccc4)cc3)s2)cc1. The van der Waals surface area contributed by atoms with Crippen LogP contribution in [0.3, 0.4) is 0 Å². The van der Waals surface area contributed by atoms with E-state index in [2.05, 4.69) is 41.5 Å². The minimum absolute atomic E-state index is 0.131. The molecule has 1 amide bonds. The number of sulfone groups is 1. The van der Waals surface area contributed by atoms with Crippen LogP contribution in [-0.4, -0.2) is 24.5 Å². The summed E-state index contributed by atoms with van der Waals surface area (Å²) < 4.78 is 25.1. The fourth-order valence-corrected chi connectivity index (χ4v) is 5.37. The molecule has 0 saturated heterocycles. The van der Waals surface area contributed by atoms with Gasteiger partial charge in [0.2, 0.25) is 5.13 Å². The summed E-state index contributed by atoms with van der Waals surface area (Å²) in [5.74, 6) is -0.00709. The fourth-order valence-electron chi connectivity index (χ4n) is 3.25. The van der Waals surface area contributed by atoms with Crippen LogP contribution in [0.15, 0.2) is 83.8 Å². The Balaban J connectivity index is 1.41. The number of carbonyl (C=O) groups is 1. The van der Waals surface area contributed by atoms with Gasteiger partial charge in [-0.3, -0.25) is 10.1 Å². The summed E-state index contributed by atoms with van der Waals surface area (Å²) in [5.41, 5.74) is 3.21. The summed E-state index contributed by atoms with van der Waals surface area (Å²) in [6.45, 7) is 4.28. The third kappa shape index (κ3) is 5.53. The molecule has 0 radical (unpaired) electrons. The Morgan fingerprint density at radius 1 is 0.909 bits per heavy atom. The molecule has 0 aliphatic carbocycles. The molecular formula is C25H23N3O3S2. The first-order chi connectivity index (χ1) is 15.8. The Labute approximate surface area is 197 Å². The first kappa shape index (κ1) is 22.8. The maximum atomic E-state index is 12.6. The highest BCUT2D eigenvalue weighted by Gasteiger charge is 2.16. The molecule has 8 heteroatoms. The number of carbonyl (C=O) groups excluding carboxylic acids is 1. The molecule has 4 aromatic rings. The zero-order chi connectivity index (χ0) is 23.4. The van der Waals surface area contributed by atoms with Crippen molar-refractivity contribution in [2.45, 2.75) is 30.4 Å². The average molecular weight is 478 g/mol. The van der Waals surface area contributed by atoms with E-state index in [-0.39, 0.29) is 16.6 Å². The van der Waals surface area contributed by atoms with Gasteiger partial charge in [-0.25, -0.2) is 8.42 Å². The molecule has 0 aliphatic rings. The molecule has 168 valence electrons. The predicted octanol–water partition coefficient (Wildman–Crippen LogP) is 5.55. The van der Waals surface area contributed by atoms with Gasteiger partial charge in [0.25, 0.3) is 5.91 Å². The Hall–Kier alpha value is -3.36. The third-order valence-electron chi connectivity index (χ3n) is 5.14. The number of nitrogens with one attached hydrogen (secondary N) is 1. The molecule has 1 N–H and O–H groups in total. The van der Waals surface area contributed by atoms with E-state index in [1.54, 1.807) is 54.6 Å². The van der Waals surface area contributed by atoms with Crippen LogP contribution < -0.4 is 5.32 Å². The molecule has 33 heavy (non-hydrogen) atoms. The molecule has 0 unspecified atom stereocenters. The van der Waals surface area contributed by atoms with E-state index in [4.69, 9.17) is 0 Å². The van der Waals surface area contributed by atoms with Crippen LogP contribution in [0.4, 0.5) is 5.13 Å². The summed E-state index contributed by atoms with van der Waals surface area (Å²) in [6.07, 6.45) is 0. The van der Waals surface area contributed by atoms with Crippen LogP contribution in [0.5, 0.6) is 0 Å². The van der Waals surface area contributed by atoms with Gasteiger partial charge in [-0.1, -0.05) is 79.8 Å². The van der Waals surface area contributed by atoms with E-state index in [0.717, 1.165) is 10.6 Å². The molecule has 1 heterocycles. The predicted molar refractivity (Wildman–Crippen MR) is 131 cm³/mol. The molecule has 1 aromatic heterocycles. The van der Waals surface area contributed by atoms with Gasteiger partial charge in [0.1, 0.15) is 5.01 Å². The smallest absolute Gasteiger partial charge is 0.257 e. The lowest BCUT2D eigenvalue weighted by Gasteiger charge is -2.06. The number of aromatic nitrogens is 2. The molecule has 0 aliphatic heterocycles. The number of nitrogens with zero attached hydrogens (tertiary/aromatic N) is 2. The molecule has 4 rings (SSSR count). The van der Waals surface area contributed by atoms with Crippen LogP contribution in [-0.2, 0) is 15.6 Å². The van der Waals surface area contributed by atoms with Crippen LogP contribution >= 0.6 is 11.3 Å². The summed E-state index contributed by atoms with van der Waals surface area (Å²) in [4.78, 5) is 12.9. The maximum Gasteiger partial charge on any atom is 0.257 e. The maximum absolute atomic E-state index is 12.6. The molecule has 0 fully saturated rings. The molecule has 0 bridgehead atoms. The van der Waals surface area contributed by atoms with Crippen molar-refractivity contribution in [3.8, 4) is 10.6 Å². The highest BCUT2D eigenvalue weighted by atomic mass is 32.2. The van der Waals surface area contributed by atoms with Crippen molar-refractivity contribution in [3.05, 3.63) is 95.6 Å². The Kier molecular flexibility index (Phi) is 6.67. The van der Waals surface area contributed by atoms with E-state index >= 15 is 0 Å². The van der Waals surface area contributed by atoms with Crippen LogP contribution in [0.25, 0.3) is 10.6 Å². The van der Waals surface area contributed by atoms with Crippen LogP contribution in [0, 0.1) is 0 Å². The largest absolute Gasteiger partial charge is 0.296 e. The van der Waals surface area contributed by atoms with Gasteiger partial charge < -0.3 is 0 Å². The van der Waals surface area contributed by atoms with Crippen LogP contribution in [0.1, 0.15) is 41.3 Å². The lowest BCUT2D eigenvalue weighted by Crippen LogP contribution is -2.12. The minimum Gasteiger partial charge on any atom is -0.296 e. The highest BCUT2D eigenvalue weighted by molar-refractivity contribution is 7.90. The molecule has 0 spiro atoms. The quantitative estimate of drug-likeness (QED) is 0.377. The van der Waals surface area contributed by atoms with E-state index in [9.17, 15) is 13.2 Å². The third-order valence-corrected chi connectivity index (χ3v) is 7.74. The lowest BCUT2D eigenvalue weighted by molar-refractivity contribution is 0.102. The van der Waals surface area contributed by atoms with Crippen molar-refractivity contribution in [1.29, 1.82) is 0 Å². The summed E-state index contributed by atoms with van der Waals surface area (Å²) in [6, 6.07) is 23.0. The molecule has 6 nitrogen and oxygen atoms in total. The lowest BCUT2D eigenvalue weighted by atomic mass is 10.0. The molecule has 0 saturated carbocycles. The van der Waals surface area contributed by atoms with Gasteiger partial charge >= 0.3 is 0 Å². The second-order valence-electron chi connectivity index (χ2n) is 7.91. The van der Waals surface area contributed by atoms with Crippen molar-refractivity contribution >= 4 is 32.2 Å². The second kappa shape index (κ2) is 9.64. The van der Waals surface area contributed by atoms with Gasteiger partial charge in [-0.15, -0.1) is 10.2 Å². The Morgan fingerprint density at radius 3 is 2.21 bits per heavy atom. The topological polar surface area (TPSA) is 89.0 Å². The number of amides is 1. The minimum atomic E-state index is -3.44. The van der Waals surface area contributed by atoms with E-state index < -0.39 is 9.84 Å². The van der Waals surface area contributed by atoms with Crippen molar-refractivity contribution in [1.82, 2.24) is 10.2 Å². The molecular weight excluding hydrogens is 454 g/mol. The van der Waals surface area contributed by atoms with Gasteiger partial charge in [0, 0.05) is 11.1 Å². The van der Waals surface area contributed by atoms with Crippen molar-refractivity contribution in [3.63, 3.8) is 0 Å². The van der Waals surface area contributed by atoms with Crippen molar-refractivity contribution in [2.75, 3.05) is 5.32 Å². The van der Waals surface area contributed by atoms with E-state index in [1.165, 1.54) is 16.9 Å². The zero-order valence-corrected chi connectivity index (χ0v) is 19.9.